The molecule has 0 aromatic rings. The summed E-state index contributed by atoms with van der Waals surface area (Å²) in [6.07, 6.45) is 15.5. The SMILES string of the molecule is C[C@@]12C=CC=C1C1=CCC3CC(NS(=O)(=O)O)CC[C@@H]3[C@H]1CC2. The summed E-state index contributed by atoms with van der Waals surface area (Å²) in [6, 6.07) is -0.109. The van der Waals surface area contributed by atoms with Crippen molar-refractivity contribution < 1.29 is 13.0 Å². The van der Waals surface area contributed by atoms with Gasteiger partial charge in [-0.15, -0.1) is 0 Å². The standard InChI is InChI=1S/C18H25NO3S/c1-18-9-2-3-17(18)16-6-4-12-11-13(19-23(20,21)22)5-7-14(12)15(16)8-10-18/h2-3,6,9,12-15,19H,4-5,7-8,10-11H2,1H3,(H,20,21,22)/t12?,13?,14-,15+,18-/m0/s1. The Bertz CT molecular complexity index is 706. The van der Waals surface area contributed by atoms with Gasteiger partial charge in [-0.1, -0.05) is 31.2 Å². The summed E-state index contributed by atoms with van der Waals surface area (Å²) in [4.78, 5) is 0. The molecule has 5 heteroatoms. The van der Waals surface area contributed by atoms with Crippen LogP contribution in [0.1, 0.15) is 45.4 Å². The Labute approximate surface area is 138 Å². The fourth-order valence-electron chi connectivity index (χ4n) is 5.48. The second-order valence-corrected chi connectivity index (χ2v) is 9.11. The zero-order valence-electron chi connectivity index (χ0n) is 13.5. The van der Waals surface area contributed by atoms with E-state index in [0.717, 1.165) is 25.7 Å². The molecule has 0 aromatic carbocycles. The molecule has 0 bridgehead atoms. The van der Waals surface area contributed by atoms with Crippen LogP contribution in [0.5, 0.6) is 0 Å². The molecule has 0 saturated heterocycles. The molecule has 2 unspecified atom stereocenters. The highest BCUT2D eigenvalue weighted by molar-refractivity contribution is 7.83. The van der Waals surface area contributed by atoms with E-state index >= 15 is 0 Å². The predicted octanol–water partition coefficient (Wildman–Crippen LogP) is 3.41. The van der Waals surface area contributed by atoms with Crippen molar-refractivity contribution in [2.75, 3.05) is 0 Å². The summed E-state index contributed by atoms with van der Waals surface area (Å²) in [7, 11) is -4.09. The van der Waals surface area contributed by atoms with Gasteiger partial charge in [0.1, 0.15) is 0 Å². The molecule has 0 radical (unpaired) electrons. The molecular formula is C18H25NO3S. The summed E-state index contributed by atoms with van der Waals surface area (Å²) < 4.78 is 33.5. The number of fused-ring (bicyclic) bond motifs is 5. The number of hydrogen-bond acceptors (Lipinski definition) is 2. The first-order valence-electron chi connectivity index (χ1n) is 8.71. The number of allylic oxidation sites excluding steroid dienone is 6. The summed E-state index contributed by atoms with van der Waals surface area (Å²) in [5, 5.41) is 0. The van der Waals surface area contributed by atoms with E-state index in [1.807, 2.05) is 0 Å². The molecular weight excluding hydrogens is 310 g/mol. The van der Waals surface area contributed by atoms with Gasteiger partial charge in [-0.2, -0.15) is 13.1 Å². The molecule has 0 heterocycles. The summed E-state index contributed by atoms with van der Waals surface area (Å²) in [5.74, 6) is 1.84. The third kappa shape index (κ3) is 2.73. The quantitative estimate of drug-likeness (QED) is 0.760. The second kappa shape index (κ2) is 5.30. The highest BCUT2D eigenvalue weighted by Crippen LogP contribution is 2.56. The van der Waals surface area contributed by atoms with Crippen LogP contribution in [0.4, 0.5) is 0 Å². The van der Waals surface area contributed by atoms with Gasteiger partial charge in [0.05, 0.1) is 0 Å². The fourth-order valence-corrected chi connectivity index (χ4v) is 6.12. The maximum atomic E-state index is 11.1. The molecule has 2 fully saturated rings. The number of nitrogens with one attached hydrogen (secondary N) is 1. The normalized spacial score (nSPS) is 42.3. The van der Waals surface area contributed by atoms with Crippen molar-refractivity contribution in [1.82, 2.24) is 4.72 Å². The number of hydrogen-bond donors (Lipinski definition) is 2. The van der Waals surface area contributed by atoms with E-state index in [4.69, 9.17) is 4.55 Å². The highest BCUT2D eigenvalue weighted by atomic mass is 32.2. The lowest BCUT2D eigenvalue weighted by Crippen LogP contribution is -2.44. The largest absolute Gasteiger partial charge is 0.333 e. The highest BCUT2D eigenvalue weighted by Gasteiger charge is 2.46. The molecule has 126 valence electrons. The van der Waals surface area contributed by atoms with Gasteiger partial charge in [-0.25, -0.2) is 0 Å². The van der Waals surface area contributed by atoms with Crippen molar-refractivity contribution in [2.45, 2.75) is 51.5 Å². The summed E-state index contributed by atoms with van der Waals surface area (Å²) >= 11 is 0. The Morgan fingerprint density at radius 1 is 1.30 bits per heavy atom. The molecule has 4 rings (SSSR count). The molecule has 0 aliphatic heterocycles. The molecule has 0 spiro atoms. The van der Waals surface area contributed by atoms with E-state index in [0.29, 0.717) is 17.8 Å². The Kier molecular flexibility index (Phi) is 3.59. The average Bonchev–Trinajstić information content (AvgIpc) is 2.86. The van der Waals surface area contributed by atoms with Gasteiger partial charge in [0.2, 0.25) is 0 Å². The van der Waals surface area contributed by atoms with Gasteiger partial charge >= 0.3 is 10.3 Å². The zero-order valence-corrected chi connectivity index (χ0v) is 14.3. The average molecular weight is 335 g/mol. The third-order valence-corrected chi connectivity index (χ3v) is 7.17. The van der Waals surface area contributed by atoms with Crippen LogP contribution in [0.15, 0.2) is 35.5 Å². The van der Waals surface area contributed by atoms with Crippen molar-refractivity contribution in [1.29, 1.82) is 0 Å². The Morgan fingerprint density at radius 2 is 2.13 bits per heavy atom. The first-order valence-corrected chi connectivity index (χ1v) is 10.1. The predicted molar refractivity (Wildman–Crippen MR) is 90.1 cm³/mol. The first-order chi connectivity index (χ1) is 10.9. The minimum Gasteiger partial charge on any atom is -0.273 e. The van der Waals surface area contributed by atoms with E-state index in [1.54, 1.807) is 5.57 Å². The van der Waals surface area contributed by atoms with Crippen LogP contribution in [-0.2, 0) is 10.3 Å². The lowest BCUT2D eigenvalue weighted by atomic mass is 9.56. The van der Waals surface area contributed by atoms with Gasteiger partial charge in [0.15, 0.2) is 0 Å². The summed E-state index contributed by atoms with van der Waals surface area (Å²) in [6.45, 7) is 2.35. The molecule has 23 heavy (non-hydrogen) atoms. The second-order valence-electron chi connectivity index (χ2n) is 7.92. The topological polar surface area (TPSA) is 66.4 Å². The summed E-state index contributed by atoms with van der Waals surface area (Å²) in [5.41, 5.74) is 3.32. The van der Waals surface area contributed by atoms with Gasteiger partial charge in [-0.05, 0) is 67.4 Å². The van der Waals surface area contributed by atoms with Crippen molar-refractivity contribution in [2.24, 2.45) is 23.2 Å². The smallest absolute Gasteiger partial charge is 0.273 e. The van der Waals surface area contributed by atoms with Crippen LogP contribution < -0.4 is 4.72 Å². The van der Waals surface area contributed by atoms with Gasteiger partial charge in [0, 0.05) is 11.5 Å². The number of rotatable bonds is 2. The van der Waals surface area contributed by atoms with Crippen molar-refractivity contribution in [3.05, 3.63) is 35.5 Å². The maximum Gasteiger partial charge on any atom is 0.333 e. The van der Waals surface area contributed by atoms with Gasteiger partial charge in [-0.3, -0.25) is 4.55 Å². The lowest BCUT2D eigenvalue weighted by Gasteiger charge is -2.49. The van der Waals surface area contributed by atoms with E-state index in [9.17, 15) is 8.42 Å². The van der Waals surface area contributed by atoms with Crippen molar-refractivity contribution >= 4 is 10.3 Å². The molecule has 4 nitrogen and oxygen atoms in total. The van der Waals surface area contributed by atoms with E-state index < -0.39 is 10.3 Å². The molecule has 0 amide bonds. The molecule has 2 saturated carbocycles. The minimum atomic E-state index is -4.09. The zero-order chi connectivity index (χ0) is 16.2. The third-order valence-electron chi connectivity index (χ3n) is 6.54. The first kappa shape index (κ1) is 15.6. The van der Waals surface area contributed by atoms with Crippen LogP contribution in [0.3, 0.4) is 0 Å². The van der Waals surface area contributed by atoms with E-state index in [-0.39, 0.29) is 11.5 Å². The van der Waals surface area contributed by atoms with Crippen molar-refractivity contribution in [3.63, 3.8) is 0 Å². The van der Waals surface area contributed by atoms with Crippen LogP contribution in [0.2, 0.25) is 0 Å². The molecule has 4 aliphatic rings. The molecule has 4 aliphatic carbocycles. The van der Waals surface area contributed by atoms with E-state index in [2.05, 4.69) is 35.9 Å². The van der Waals surface area contributed by atoms with Crippen molar-refractivity contribution in [3.8, 4) is 0 Å². The van der Waals surface area contributed by atoms with Crippen LogP contribution in [0.25, 0.3) is 0 Å². The van der Waals surface area contributed by atoms with Gasteiger partial charge < -0.3 is 0 Å². The van der Waals surface area contributed by atoms with Gasteiger partial charge in [0.25, 0.3) is 0 Å². The molecule has 5 atom stereocenters. The van der Waals surface area contributed by atoms with Crippen LogP contribution in [-0.4, -0.2) is 19.0 Å². The molecule has 0 aromatic heterocycles. The Balaban J connectivity index is 1.54. The minimum absolute atomic E-state index is 0.109. The van der Waals surface area contributed by atoms with E-state index in [1.165, 1.54) is 18.4 Å². The monoisotopic (exact) mass is 335 g/mol. The van der Waals surface area contributed by atoms with Crippen LogP contribution in [0, 0.1) is 23.2 Å². The lowest BCUT2D eigenvalue weighted by molar-refractivity contribution is 0.128. The Hall–Kier alpha value is -0.910. The Morgan fingerprint density at radius 3 is 2.91 bits per heavy atom. The van der Waals surface area contributed by atoms with Crippen LogP contribution >= 0.6 is 0 Å². The maximum absolute atomic E-state index is 11.1. The molecule has 2 N–H and O–H groups in total. The fraction of sp³-hybridized carbons (Fsp3) is 0.667.